The van der Waals surface area contributed by atoms with Crippen LogP contribution in [-0.4, -0.2) is 42.3 Å². The lowest BCUT2D eigenvalue weighted by molar-refractivity contribution is 0.304. The molecule has 0 spiro atoms. The Labute approximate surface area is 175 Å². The van der Waals surface area contributed by atoms with E-state index in [9.17, 15) is 8.78 Å². The highest BCUT2D eigenvalue weighted by molar-refractivity contribution is 14.0. The molecule has 2 rings (SSSR count). The van der Waals surface area contributed by atoms with Crippen molar-refractivity contribution in [1.29, 1.82) is 0 Å². The van der Waals surface area contributed by atoms with Crippen LogP contribution in [0.1, 0.15) is 18.7 Å². The summed E-state index contributed by atoms with van der Waals surface area (Å²) < 4.78 is 33.7. The molecule has 0 aliphatic heterocycles. The average molecular weight is 493 g/mol. The molecule has 0 atom stereocenters. The Morgan fingerprint density at radius 1 is 1.22 bits per heavy atom. The van der Waals surface area contributed by atoms with E-state index in [1.165, 1.54) is 6.07 Å². The van der Waals surface area contributed by atoms with Gasteiger partial charge in [0.15, 0.2) is 17.5 Å². The van der Waals surface area contributed by atoms with Crippen molar-refractivity contribution >= 4 is 29.9 Å². The van der Waals surface area contributed by atoms with Crippen molar-refractivity contribution in [3.05, 3.63) is 48.1 Å². The van der Waals surface area contributed by atoms with Crippen molar-refractivity contribution in [3.8, 4) is 5.75 Å². The van der Waals surface area contributed by atoms with Gasteiger partial charge in [0.2, 0.25) is 0 Å². The number of aryl methyl sites for hydroxylation is 2. The van der Waals surface area contributed by atoms with Crippen molar-refractivity contribution in [2.24, 2.45) is 4.99 Å². The fourth-order valence-corrected chi connectivity index (χ4v) is 2.40. The second-order valence-electron chi connectivity index (χ2n) is 5.72. The maximum atomic E-state index is 13.4. The lowest BCUT2D eigenvalue weighted by atomic mass is 10.3. The lowest BCUT2D eigenvalue weighted by Gasteiger charge is -2.13. The molecule has 0 fully saturated rings. The predicted molar refractivity (Wildman–Crippen MR) is 113 cm³/mol. The Hall–Kier alpha value is -1.91. The minimum Gasteiger partial charge on any atom is -0.489 e. The summed E-state index contributed by atoms with van der Waals surface area (Å²) in [4.78, 5) is 8.32. The summed E-state index contributed by atoms with van der Waals surface area (Å²) in [5, 5.41) is 6.30. The second-order valence-corrected chi connectivity index (χ2v) is 5.72. The number of nitrogens with zero attached hydrogens (tertiary/aromatic N) is 3. The smallest absolute Gasteiger partial charge is 0.191 e. The number of guanidine groups is 1. The minimum atomic E-state index is -0.708. The van der Waals surface area contributed by atoms with E-state index >= 15 is 0 Å². The maximum Gasteiger partial charge on any atom is 0.191 e. The summed E-state index contributed by atoms with van der Waals surface area (Å²) in [5.41, 5.74) is 0. The summed E-state index contributed by atoms with van der Waals surface area (Å²) in [6.07, 6.45) is 5.82. The Morgan fingerprint density at radius 2 is 2.00 bits per heavy atom. The van der Waals surface area contributed by atoms with Crippen LogP contribution in [0.2, 0.25) is 0 Å². The lowest BCUT2D eigenvalue weighted by Crippen LogP contribution is -2.39. The summed E-state index contributed by atoms with van der Waals surface area (Å²) in [5.74, 6) is 0.382. The quantitative estimate of drug-likeness (QED) is 0.244. The van der Waals surface area contributed by atoms with Crippen LogP contribution in [0.15, 0.2) is 35.6 Å². The van der Waals surface area contributed by atoms with Gasteiger partial charge in [0.05, 0.1) is 6.54 Å². The molecule has 0 radical (unpaired) electrons. The summed E-state index contributed by atoms with van der Waals surface area (Å²) in [6, 6.07) is 3.24. The van der Waals surface area contributed by atoms with E-state index in [-0.39, 0.29) is 36.3 Å². The molecule has 0 saturated heterocycles. The van der Waals surface area contributed by atoms with Gasteiger partial charge in [-0.1, -0.05) is 0 Å². The van der Waals surface area contributed by atoms with Crippen LogP contribution >= 0.6 is 24.0 Å². The van der Waals surface area contributed by atoms with Crippen LogP contribution in [0.5, 0.6) is 5.75 Å². The van der Waals surface area contributed by atoms with Gasteiger partial charge in [-0.05, 0) is 31.9 Å². The van der Waals surface area contributed by atoms with E-state index in [1.54, 1.807) is 13.2 Å². The zero-order valence-corrected chi connectivity index (χ0v) is 17.9. The number of rotatable bonds is 9. The van der Waals surface area contributed by atoms with Gasteiger partial charge in [-0.25, -0.2) is 13.8 Å². The van der Waals surface area contributed by atoms with Crippen LogP contribution < -0.4 is 15.4 Å². The third kappa shape index (κ3) is 8.10. The molecule has 9 heteroatoms. The molecule has 2 aromatic rings. The number of aromatic nitrogens is 2. The van der Waals surface area contributed by atoms with Gasteiger partial charge in [-0.15, -0.1) is 24.0 Å². The van der Waals surface area contributed by atoms with Crippen molar-refractivity contribution in [1.82, 2.24) is 20.2 Å². The third-order valence-electron chi connectivity index (χ3n) is 3.81. The van der Waals surface area contributed by atoms with E-state index < -0.39 is 11.6 Å². The van der Waals surface area contributed by atoms with E-state index in [1.807, 2.05) is 13.1 Å². The monoisotopic (exact) mass is 493 g/mol. The Morgan fingerprint density at radius 3 is 2.67 bits per heavy atom. The molecular weight excluding hydrogens is 467 g/mol. The van der Waals surface area contributed by atoms with Crippen LogP contribution in [-0.2, 0) is 6.54 Å². The van der Waals surface area contributed by atoms with Crippen LogP contribution in [0.3, 0.4) is 0 Å². The average Bonchev–Trinajstić information content (AvgIpc) is 3.03. The summed E-state index contributed by atoms with van der Waals surface area (Å²) in [6.45, 7) is 4.41. The van der Waals surface area contributed by atoms with Gasteiger partial charge in [0, 0.05) is 38.6 Å². The molecule has 1 heterocycles. The van der Waals surface area contributed by atoms with Crippen molar-refractivity contribution in [2.75, 3.05) is 26.7 Å². The highest BCUT2D eigenvalue weighted by Gasteiger charge is 2.04. The number of hydrogen-bond acceptors (Lipinski definition) is 3. The fourth-order valence-electron chi connectivity index (χ4n) is 2.40. The molecule has 0 bridgehead atoms. The summed E-state index contributed by atoms with van der Waals surface area (Å²) in [7, 11) is 1.69. The van der Waals surface area contributed by atoms with Crippen molar-refractivity contribution in [2.45, 2.75) is 26.3 Å². The number of hydrogen-bond donors (Lipinski definition) is 2. The zero-order valence-electron chi connectivity index (χ0n) is 15.5. The maximum absolute atomic E-state index is 13.4. The molecule has 2 N–H and O–H groups in total. The molecule has 1 aromatic carbocycles. The topological polar surface area (TPSA) is 63.5 Å². The van der Waals surface area contributed by atoms with Gasteiger partial charge in [-0.3, -0.25) is 4.99 Å². The first kappa shape index (κ1) is 23.1. The molecule has 1 aromatic heterocycles. The van der Waals surface area contributed by atoms with Crippen LogP contribution in [0.4, 0.5) is 8.78 Å². The van der Waals surface area contributed by atoms with E-state index in [0.717, 1.165) is 43.9 Å². The molecule has 0 aliphatic carbocycles. The normalized spacial score (nSPS) is 11.0. The number of imidazole rings is 1. The fraction of sp³-hybridized carbons (Fsp3) is 0.444. The molecule has 27 heavy (non-hydrogen) atoms. The Kier molecular flexibility index (Phi) is 10.7. The largest absolute Gasteiger partial charge is 0.489 e. The highest BCUT2D eigenvalue weighted by Crippen LogP contribution is 2.17. The molecule has 6 nitrogen and oxygen atoms in total. The van der Waals surface area contributed by atoms with E-state index in [2.05, 4.69) is 25.2 Å². The second kappa shape index (κ2) is 12.5. The number of halogens is 3. The Bertz CT molecular complexity index is 724. The molecule has 0 amide bonds. The molecular formula is C18H26F2IN5O. The highest BCUT2D eigenvalue weighted by atomic mass is 127. The first-order valence-corrected chi connectivity index (χ1v) is 8.60. The standard InChI is InChI=1S/C18H25F2N5O.HI/c1-14-22-8-11-25(14)10-4-3-7-23-18(21-2)24-9-12-26-17-6-5-15(19)13-16(17)20;/h5-6,8,11,13H,3-4,7,9-10,12H2,1-2H3,(H2,21,23,24);1H. The van der Waals surface area contributed by atoms with E-state index in [0.29, 0.717) is 12.5 Å². The minimum absolute atomic E-state index is 0. The van der Waals surface area contributed by atoms with E-state index in [4.69, 9.17) is 4.74 Å². The third-order valence-corrected chi connectivity index (χ3v) is 3.81. The number of benzene rings is 1. The number of aliphatic imine (C=N–C) groups is 1. The van der Waals surface area contributed by atoms with Gasteiger partial charge in [0.25, 0.3) is 0 Å². The van der Waals surface area contributed by atoms with Gasteiger partial charge >= 0.3 is 0 Å². The molecule has 0 unspecified atom stereocenters. The van der Waals surface area contributed by atoms with Gasteiger partial charge in [-0.2, -0.15) is 0 Å². The molecule has 0 saturated carbocycles. The Balaban J connectivity index is 0.00000364. The first-order chi connectivity index (χ1) is 12.6. The SMILES string of the molecule is CN=C(NCCCCn1ccnc1C)NCCOc1ccc(F)cc1F.I. The number of ether oxygens (including phenoxy) is 1. The van der Waals surface area contributed by atoms with Crippen LogP contribution in [0.25, 0.3) is 0 Å². The van der Waals surface area contributed by atoms with Crippen molar-refractivity contribution < 1.29 is 13.5 Å². The molecule has 150 valence electrons. The predicted octanol–water partition coefficient (Wildman–Crippen LogP) is 3.11. The zero-order chi connectivity index (χ0) is 18.8. The van der Waals surface area contributed by atoms with Gasteiger partial charge in [0.1, 0.15) is 18.2 Å². The van der Waals surface area contributed by atoms with Gasteiger partial charge < -0.3 is 19.9 Å². The molecule has 0 aliphatic rings. The number of unbranched alkanes of at least 4 members (excludes halogenated alkanes) is 1. The van der Waals surface area contributed by atoms with Crippen molar-refractivity contribution in [3.63, 3.8) is 0 Å². The van der Waals surface area contributed by atoms with Crippen LogP contribution in [0, 0.1) is 18.6 Å². The number of nitrogens with one attached hydrogen (secondary N) is 2. The first-order valence-electron chi connectivity index (χ1n) is 8.60. The summed E-state index contributed by atoms with van der Waals surface area (Å²) >= 11 is 0.